The molecule has 0 radical (unpaired) electrons. The fraction of sp³-hybridized carbons (Fsp3) is 0.649. The number of piperidine rings is 1. The lowest BCUT2D eigenvalue weighted by Crippen LogP contribution is -2.41. The molecule has 3 aliphatic rings. The van der Waals surface area contributed by atoms with Crippen LogP contribution in [0.15, 0.2) is 34.3 Å². The summed E-state index contributed by atoms with van der Waals surface area (Å²) in [6.45, 7) is 10.0. The quantitative estimate of drug-likeness (QED) is 0.128. The summed E-state index contributed by atoms with van der Waals surface area (Å²) in [7, 11) is 3.75. The number of rotatable bonds is 12. The summed E-state index contributed by atoms with van der Waals surface area (Å²) in [5, 5.41) is 1.94. The van der Waals surface area contributed by atoms with Crippen molar-refractivity contribution in [2.75, 3.05) is 70.0 Å². The summed E-state index contributed by atoms with van der Waals surface area (Å²) in [5.41, 5.74) is 1.31. The van der Waals surface area contributed by atoms with Gasteiger partial charge in [0, 0.05) is 66.1 Å². The third-order valence-corrected chi connectivity index (χ3v) is 11.8. The van der Waals surface area contributed by atoms with Crippen LogP contribution in [0.25, 0.3) is 0 Å². The second kappa shape index (κ2) is 21.2. The van der Waals surface area contributed by atoms with Gasteiger partial charge >= 0.3 is 5.97 Å². The number of esters is 1. The summed E-state index contributed by atoms with van der Waals surface area (Å²) in [6, 6.07) is 7.76. The zero-order valence-corrected chi connectivity index (χ0v) is 33.1. The second-order valence-corrected chi connectivity index (χ2v) is 15.6. The maximum absolute atomic E-state index is 13.2. The number of thioether (sulfide) groups is 2. The van der Waals surface area contributed by atoms with E-state index in [1.807, 2.05) is 36.0 Å². The minimum atomic E-state index is -0.244. The van der Waals surface area contributed by atoms with E-state index in [1.165, 1.54) is 6.92 Å². The van der Waals surface area contributed by atoms with Gasteiger partial charge in [-0.1, -0.05) is 25.4 Å². The number of carbonyl (C=O) groups is 3. The van der Waals surface area contributed by atoms with Crippen LogP contribution in [0.5, 0.6) is 0 Å². The Kier molecular flexibility index (Phi) is 17.1. The maximum atomic E-state index is 13.2. The zero-order chi connectivity index (χ0) is 36.8. The van der Waals surface area contributed by atoms with Gasteiger partial charge in [-0.25, -0.2) is 9.97 Å². The minimum Gasteiger partial charge on any atom is -0.461 e. The molecule has 1 atom stereocenters. The Bertz CT molecular complexity index is 1440. The Balaban J connectivity index is 0.000000244. The first-order valence-electron chi connectivity index (χ1n) is 18.2. The van der Waals surface area contributed by atoms with Crippen molar-refractivity contribution >= 4 is 58.7 Å². The molecular formula is C37H54ClN5O6S2. The molecule has 5 rings (SSSR count). The van der Waals surface area contributed by atoms with Gasteiger partial charge in [-0.2, -0.15) is 0 Å². The molecule has 282 valence electrons. The van der Waals surface area contributed by atoms with E-state index in [9.17, 15) is 14.4 Å². The molecule has 0 bridgehead atoms. The van der Waals surface area contributed by atoms with Gasteiger partial charge in [0.1, 0.15) is 27.1 Å². The summed E-state index contributed by atoms with van der Waals surface area (Å²) >= 11 is 9.18. The van der Waals surface area contributed by atoms with Gasteiger partial charge in [-0.15, -0.1) is 23.5 Å². The number of pyridine rings is 2. The van der Waals surface area contributed by atoms with Gasteiger partial charge in [-0.05, 0) is 87.1 Å². The normalized spacial score (nSPS) is 18.4. The van der Waals surface area contributed by atoms with Crippen LogP contribution >= 0.6 is 35.1 Å². The molecule has 0 N–H and O–H groups in total. The first-order chi connectivity index (χ1) is 24.6. The first kappa shape index (κ1) is 41.2. The lowest BCUT2D eigenvalue weighted by molar-refractivity contribution is -0.146. The Morgan fingerprint density at radius 1 is 0.824 bits per heavy atom. The van der Waals surface area contributed by atoms with Crippen molar-refractivity contribution in [3.8, 4) is 0 Å². The third kappa shape index (κ3) is 12.2. The van der Waals surface area contributed by atoms with Gasteiger partial charge in [0.15, 0.2) is 0 Å². The van der Waals surface area contributed by atoms with Crippen molar-refractivity contribution in [2.45, 2.75) is 100 Å². The van der Waals surface area contributed by atoms with Crippen LogP contribution in [0.2, 0.25) is 5.15 Å². The highest BCUT2D eigenvalue weighted by molar-refractivity contribution is 7.99. The van der Waals surface area contributed by atoms with E-state index in [-0.39, 0.29) is 36.0 Å². The fourth-order valence-corrected chi connectivity index (χ4v) is 8.24. The largest absolute Gasteiger partial charge is 0.461 e. The molecule has 11 nitrogen and oxygen atoms in total. The van der Waals surface area contributed by atoms with Crippen LogP contribution in [0.3, 0.4) is 0 Å². The van der Waals surface area contributed by atoms with E-state index in [0.29, 0.717) is 36.0 Å². The average molecular weight is 764 g/mol. The van der Waals surface area contributed by atoms with E-state index in [1.54, 1.807) is 35.7 Å². The molecule has 2 amide bonds. The van der Waals surface area contributed by atoms with Crippen LogP contribution in [0, 0.1) is 0 Å². The number of halogens is 1. The van der Waals surface area contributed by atoms with Crippen molar-refractivity contribution < 1.29 is 28.6 Å². The number of carbonyl (C=O) groups excluding carboxylic acids is 3. The molecular weight excluding hydrogens is 710 g/mol. The third-order valence-electron chi connectivity index (χ3n) is 9.17. The Morgan fingerprint density at radius 3 is 1.84 bits per heavy atom. The number of anilines is 1. The highest BCUT2D eigenvalue weighted by Crippen LogP contribution is 2.29. The molecule has 5 heterocycles. The molecule has 3 fully saturated rings. The second-order valence-electron chi connectivity index (χ2n) is 13.0. The van der Waals surface area contributed by atoms with Crippen LogP contribution in [-0.4, -0.2) is 121 Å². The molecule has 2 aromatic heterocycles. The summed E-state index contributed by atoms with van der Waals surface area (Å²) < 4.78 is 16.2. The monoisotopic (exact) mass is 763 g/mol. The van der Waals surface area contributed by atoms with E-state index < -0.39 is 0 Å². The smallest absolute Gasteiger partial charge is 0.302 e. The molecule has 2 aromatic rings. The van der Waals surface area contributed by atoms with Crippen LogP contribution in [0.1, 0.15) is 92.9 Å². The van der Waals surface area contributed by atoms with Crippen molar-refractivity contribution in [1.82, 2.24) is 19.8 Å². The molecule has 0 aliphatic carbocycles. The highest BCUT2D eigenvalue weighted by Gasteiger charge is 2.28. The summed E-state index contributed by atoms with van der Waals surface area (Å²) in [6.07, 6.45) is 7.28. The molecule has 51 heavy (non-hydrogen) atoms. The van der Waals surface area contributed by atoms with Crippen molar-refractivity contribution in [3.05, 3.63) is 40.5 Å². The minimum absolute atomic E-state index is 0.0182. The fourth-order valence-electron chi connectivity index (χ4n) is 6.30. The molecule has 3 aliphatic heterocycles. The predicted octanol–water partition coefficient (Wildman–Crippen LogP) is 6.85. The van der Waals surface area contributed by atoms with Gasteiger partial charge < -0.3 is 28.9 Å². The molecule has 0 spiro atoms. The summed E-state index contributed by atoms with van der Waals surface area (Å²) in [5.74, 6) is 2.48. The standard InChI is InChI=1S/C22H33N3O4S.C15H21ClN2O2S/c1-4-14-30-21-19(22(27)24(3)17-9-12-28-13-10-17)7-8-20(23-21)25-11-5-6-18(15-25)29-16(2)26;1-3-10-21-14-12(4-5-13(16)17-14)15(19)18(2)11-6-8-20-9-7-11/h7-8,17-18H,4-6,9-15H2,1-3H3;4-5,11H,3,6-10H2,1-2H3/t18-;/m0./s1. The number of hydrogen-bond acceptors (Lipinski definition) is 11. The number of hydrogen-bond donors (Lipinski definition) is 0. The number of nitrogens with zero attached hydrogens (tertiary/aromatic N) is 5. The highest BCUT2D eigenvalue weighted by atomic mass is 35.5. The number of amides is 2. The van der Waals surface area contributed by atoms with Gasteiger partial charge in [0.05, 0.1) is 17.7 Å². The Morgan fingerprint density at radius 2 is 1.33 bits per heavy atom. The first-order valence-corrected chi connectivity index (χ1v) is 20.5. The molecule has 0 unspecified atom stereocenters. The van der Waals surface area contributed by atoms with Crippen molar-refractivity contribution in [3.63, 3.8) is 0 Å². The number of aromatic nitrogens is 2. The van der Waals surface area contributed by atoms with Gasteiger partial charge in [0.25, 0.3) is 11.8 Å². The molecule has 14 heteroatoms. The van der Waals surface area contributed by atoms with E-state index in [0.717, 1.165) is 98.5 Å². The lowest BCUT2D eigenvalue weighted by atomic mass is 10.1. The molecule has 0 aromatic carbocycles. The van der Waals surface area contributed by atoms with Gasteiger partial charge in [-0.3, -0.25) is 14.4 Å². The van der Waals surface area contributed by atoms with Crippen molar-refractivity contribution in [2.24, 2.45) is 0 Å². The predicted molar refractivity (Wildman–Crippen MR) is 204 cm³/mol. The number of ether oxygens (including phenoxy) is 3. The van der Waals surface area contributed by atoms with Crippen molar-refractivity contribution in [1.29, 1.82) is 0 Å². The van der Waals surface area contributed by atoms with E-state index in [2.05, 4.69) is 23.7 Å². The topological polar surface area (TPSA) is 114 Å². The lowest BCUT2D eigenvalue weighted by Gasteiger charge is -2.34. The van der Waals surface area contributed by atoms with E-state index >= 15 is 0 Å². The Labute approximate surface area is 316 Å². The van der Waals surface area contributed by atoms with Gasteiger partial charge in [0.2, 0.25) is 0 Å². The average Bonchev–Trinajstić information content (AvgIpc) is 3.15. The van der Waals surface area contributed by atoms with Crippen LogP contribution < -0.4 is 4.90 Å². The van der Waals surface area contributed by atoms with Crippen LogP contribution in [0.4, 0.5) is 5.82 Å². The Hall–Kier alpha value is -2.58. The SMILES string of the molecule is CCCSc1nc(Cl)ccc1C(=O)N(C)C1CCOCC1.CCCSc1nc(N2CCC[C@H](OC(C)=O)C2)ccc1C(=O)N(C)C1CCOCC1. The summed E-state index contributed by atoms with van der Waals surface area (Å²) in [4.78, 5) is 52.3. The van der Waals surface area contributed by atoms with E-state index in [4.69, 9.17) is 30.8 Å². The zero-order valence-electron chi connectivity index (χ0n) is 30.7. The maximum Gasteiger partial charge on any atom is 0.302 e. The van der Waals surface area contributed by atoms with Crippen LogP contribution in [-0.2, 0) is 19.0 Å². The molecule has 0 saturated carbocycles. The molecule has 3 saturated heterocycles.